The number of rotatable bonds is 5. The Kier molecular flexibility index (Phi) is 3.91. The Hall–Kier alpha value is -1.56. The van der Waals surface area contributed by atoms with Crippen LogP contribution in [0.15, 0.2) is 29.4 Å². The zero-order valence-electron chi connectivity index (χ0n) is 11.4. The van der Waals surface area contributed by atoms with Gasteiger partial charge in [0.2, 0.25) is 5.95 Å². The number of hydrogen-bond acceptors (Lipinski definition) is 4. The monoisotopic (exact) mass is 292 g/mol. The van der Waals surface area contributed by atoms with Crippen molar-refractivity contribution in [1.29, 1.82) is 0 Å². The van der Waals surface area contributed by atoms with Crippen molar-refractivity contribution in [2.24, 2.45) is 0 Å². The van der Waals surface area contributed by atoms with Gasteiger partial charge in [0.05, 0.1) is 0 Å². The van der Waals surface area contributed by atoms with Crippen LogP contribution in [0.2, 0.25) is 0 Å². The number of thioether (sulfide) groups is 1. The molecule has 0 saturated carbocycles. The molecular formula is C14H17FN4S. The van der Waals surface area contributed by atoms with E-state index in [0.29, 0.717) is 0 Å². The lowest BCUT2D eigenvalue weighted by molar-refractivity contribution is 0.627. The molecule has 106 valence electrons. The summed E-state index contributed by atoms with van der Waals surface area (Å²) >= 11 is 1.76. The second-order valence-electron chi connectivity index (χ2n) is 4.76. The minimum Gasteiger partial charge on any atom is -0.309 e. The maximum Gasteiger partial charge on any atom is 0.232 e. The summed E-state index contributed by atoms with van der Waals surface area (Å²) in [6.45, 7) is 3.93. The third-order valence-electron chi connectivity index (χ3n) is 3.35. The summed E-state index contributed by atoms with van der Waals surface area (Å²) in [5.41, 5.74) is 0.961. The number of aromatic nitrogens is 3. The third kappa shape index (κ3) is 2.52. The Morgan fingerprint density at radius 2 is 2.00 bits per heavy atom. The Bertz CT molecular complexity index is 581. The normalized spacial score (nSPS) is 13.8. The van der Waals surface area contributed by atoms with Crippen LogP contribution in [0.5, 0.6) is 0 Å². The largest absolute Gasteiger partial charge is 0.309 e. The Morgan fingerprint density at radius 3 is 2.75 bits per heavy atom. The van der Waals surface area contributed by atoms with Crippen LogP contribution in [-0.2, 0) is 6.54 Å². The summed E-state index contributed by atoms with van der Waals surface area (Å²) in [6.07, 6.45) is 2.38. The summed E-state index contributed by atoms with van der Waals surface area (Å²) < 4.78 is 15.1. The van der Waals surface area contributed by atoms with Gasteiger partial charge < -0.3 is 4.90 Å². The molecule has 0 N–H and O–H groups in total. The van der Waals surface area contributed by atoms with Gasteiger partial charge in [-0.05, 0) is 30.7 Å². The van der Waals surface area contributed by atoms with Crippen molar-refractivity contribution in [3.8, 4) is 0 Å². The minimum absolute atomic E-state index is 0.217. The van der Waals surface area contributed by atoms with Gasteiger partial charge in [0.25, 0.3) is 0 Å². The highest BCUT2D eigenvalue weighted by Crippen LogP contribution is 2.32. The van der Waals surface area contributed by atoms with E-state index in [1.54, 1.807) is 23.9 Å². The summed E-state index contributed by atoms with van der Waals surface area (Å²) in [7, 11) is 0. The molecule has 4 nitrogen and oxygen atoms in total. The van der Waals surface area contributed by atoms with Crippen LogP contribution in [0.3, 0.4) is 0 Å². The van der Waals surface area contributed by atoms with Crippen LogP contribution in [-0.4, -0.2) is 27.1 Å². The van der Waals surface area contributed by atoms with Gasteiger partial charge in [0, 0.05) is 24.5 Å². The van der Waals surface area contributed by atoms with Gasteiger partial charge >= 0.3 is 0 Å². The molecule has 20 heavy (non-hydrogen) atoms. The van der Waals surface area contributed by atoms with E-state index >= 15 is 0 Å². The van der Waals surface area contributed by atoms with E-state index < -0.39 is 0 Å². The highest BCUT2D eigenvalue weighted by molar-refractivity contribution is 7.99. The molecule has 1 aliphatic rings. The Labute approximate surface area is 122 Å². The zero-order chi connectivity index (χ0) is 13.9. The molecule has 0 atom stereocenters. The number of nitrogens with zero attached hydrogens (tertiary/aromatic N) is 4. The van der Waals surface area contributed by atoms with Crippen LogP contribution in [0.25, 0.3) is 0 Å². The predicted molar refractivity (Wildman–Crippen MR) is 79.1 cm³/mol. The molecule has 0 amide bonds. The number of fused-ring (bicyclic) bond motifs is 1. The lowest BCUT2D eigenvalue weighted by Crippen LogP contribution is -2.14. The molecule has 0 saturated heterocycles. The molecule has 0 spiro atoms. The highest BCUT2D eigenvalue weighted by Gasteiger charge is 2.25. The second kappa shape index (κ2) is 5.83. The van der Waals surface area contributed by atoms with Crippen LogP contribution in [0.1, 0.15) is 19.8 Å². The third-order valence-corrected chi connectivity index (χ3v) is 4.41. The molecule has 0 bridgehead atoms. The minimum atomic E-state index is -0.217. The van der Waals surface area contributed by atoms with Gasteiger partial charge in [-0.15, -0.1) is 10.2 Å². The van der Waals surface area contributed by atoms with Gasteiger partial charge in [-0.2, -0.15) is 0 Å². The average molecular weight is 292 g/mol. The molecule has 0 fully saturated rings. The summed E-state index contributed by atoms with van der Waals surface area (Å²) in [5, 5.41) is 9.53. The first-order valence-electron chi connectivity index (χ1n) is 6.88. The zero-order valence-corrected chi connectivity index (χ0v) is 12.2. The van der Waals surface area contributed by atoms with Crippen molar-refractivity contribution in [1.82, 2.24) is 14.8 Å². The van der Waals surface area contributed by atoms with E-state index in [0.717, 1.165) is 35.6 Å². The topological polar surface area (TPSA) is 34.0 Å². The first-order chi connectivity index (χ1) is 9.79. The van der Waals surface area contributed by atoms with Crippen molar-refractivity contribution in [3.05, 3.63) is 30.1 Å². The van der Waals surface area contributed by atoms with E-state index in [-0.39, 0.29) is 5.82 Å². The van der Waals surface area contributed by atoms with Crippen LogP contribution < -0.4 is 4.90 Å². The van der Waals surface area contributed by atoms with Gasteiger partial charge in [0.15, 0.2) is 5.16 Å². The SMILES string of the molecule is CCCCSc1nnc2n1CCN2c1ccc(F)cc1. The lowest BCUT2D eigenvalue weighted by Gasteiger charge is -2.14. The number of benzene rings is 1. The molecule has 1 aromatic heterocycles. The molecule has 0 radical (unpaired) electrons. The van der Waals surface area contributed by atoms with Gasteiger partial charge in [-0.25, -0.2) is 4.39 Å². The fourth-order valence-electron chi connectivity index (χ4n) is 2.26. The van der Waals surface area contributed by atoms with E-state index in [1.807, 2.05) is 0 Å². The van der Waals surface area contributed by atoms with Crippen molar-refractivity contribution in [2.75, 3.05) is 17.2 Å². The molecule has 6 heteroatoms. The first-order valence-corrected chi connectivity index (χ1v) is 7.87. The molecule has 3 rings (SSSR count). The van der Waals surface area contributed by atoms with E-state index in [2.05, 4.69) is 26.6 Å². The van der Waals surface area contributed by atoms with Crippen molar-refractivity contribution < 1.29 is 4.39 Å². The summed E-state index contributed by atoms with van der Waals surface area (Å²) in [6, 6.07) is 6.52. The van der Waals surface area contributed by atoms with Gasteiger partial charge in [0.1, 0.15) is 5.82 Å². The van der Waals surface area contributed by atoms with E-state index in [1.165, 1.54) is 25.0 Å². The van der Waals surface area contributed by atoms with E-state index in [9.17, 15) is 4.39 Å². The predicted octanol–water partition coefficient (Wildman–Crippen LogP) is 3.46. The first kappa shape index (κ1) is 13.4. The molecule has 2 aromatic rings. The second-order valence-corrected chi connectivity index (χ2v) is 5.83. The summed E-state index contributed by atoms with van der Waals surface area (Å²) in [4.78, 5) is 2.08. The molecular weight excluding hydrogens is 275 g/mol. The van der Waals surface area contributed by atoms with Gasteiger partial charge in [-0.1, -0.05) is 25.1 Å². The maximum atomic E-state index is 13.0. The number of anilines is 2. The smallest absolute Gasteiger partial charge is 0.232 e. The average Bonchev–Trinajstić information content (AvgIpc) is 3.03. The number of halogens is 1. The lowest BCUT2D eigenvalue weighted by atomic mass is 10.3. The molecule has 2 heterocycles. The molecule has 1 aliphatic heterocycles. The summed E-state index contributed by atoms with van der Waals surface area (Å²) in [5.74, 6) is 1.71. The fourth-order valence-corrected chi connectivity index (χ4v) is 3.30. The van der Waals surface area contributed by atoms with Crippen LogP contribution in [0, 0.1) is 5.82 Å². The van der Waals surface area contributed by atoms with E-state index in [4.69, 9.17) is 0 Å². The fraction of sp³-hybridized carbons (Fsp3) is 0.429. The van der Waals surface area contributed by atoms with Gasteiger partial charge in [-0.3, -0.25) is 4.57 Å². The molecule has 0 aliphatic carbocycles. The van der Waals surface area contributed by atoms with Crippen molar-refractivity contribution in [2.45, 2.75) is 31.5 Å². The molecule has 0 unspecified atom stereocenters. The van der Waals surface area contributed by atoms with Crippen molar-refractivity contribution >= 4 is 23.4 Å². The highest BCUT2D eigenvalue weighted by atomic mass is 32.2. The quantitative estimate of drug-likeness (QED) is 0.624. The number of hydrogen-bond donors (Lipinski definition) is 0. The standard InChI is InChI=1S/C14H17FN4S/c1-2-3-10-20-14-17-16-13-18(8-9-19(13)14)12-6-4-11(15)5-7-12/h4-7H,2-3,8-10H2,1H3. The van der Waals surface area contributed by atoms with Crippen molar-refractivity contribution in [3.63, 3.8) is 0 Å². The maximum absolute atomic E-state index is 13.0. The van der Waals surface area contributed by atoms with Crippen LogP contribution >= 0.6 is 11.8 Å². The Balaban J connectivity index is 1.79. The number of unbranched alkanes of at least 4 members (excludes halogenated alkanes) is 1. The van der Waals surface area contributed by atoms with Crippen LogP contribution in [0.4, 0.5) is 16.0 Å². The Morgan fingerprint density at radius 1 is 1.20 bits per heavy atom. The molecule has 1 aromatic carbocycles.